The van der Waals surface area contributed by atoms with E-state index >= 15 is 0 Å². The molecule has 22 heavy (non-hydrogen) atoms. The summed E-state index contributed by atoms with van der Waals surface area (Å²) in [4.78, 5) is 12.3. The summed E-state index contributed by atoms with van der Waals surface area (Å²) in [5, 5.41) is 0.341. The summed E-state index contributed by atoms with van der Waals surface area (Å²) < 4.78 is 16.6. The molecule has 2 aromatic carbocycles. The highest BCUT2D eigenvalue weighted by molar-refractivity contribution is 9.10. The van der Waals surface area contributed by atoms with Crippen LogP contribution < -0.4 is 14.2 Å². The lowest BCUT2D eigenvalue weighted by molar-refractivity contribution is 0.0734. The molecule has 0 atom stereocenters. The van der Waals surface area contributed by atoms with Gasteiger partial charge < -0.3 is 14.2 Å². The van der Waals surface area contributed by atoms with Gasteiger partial charge in [-0.15, -0.1) is 0 Å². The first-order valence-electron chi connectivity index (χ1n) is 6.36. The topological polar surface area (TPSA) is 44.8 Å². The van der Waals surface area contributed by atoms with Crippen LogP contribution in [0.5, 0.6) is 17.2 Å². The van der Waals surface area contributed by atoms with E-state index in [9.17, 15) is 4.79 Å². The highest BCUT2D eigenvalue weighted by Crippen LogP contribution is 2.32. The van der Waals surface area contributed by atoms with Crippen LogP contribution in [0.3, 0.4) is 0 Å². The molecule has 0 aliphatic heterocycles. The summed E-state index contributed by atoms with van der Waals surface area (Å²) in [5.41, 5.74) is 1.13. The standard InChI is InChI=1S/C16H14BrClO4/c1-9-14(20-2)6-10(7-15(9)21-3)16(19)22-13-5-4-11(17)8-12(13)18/h4-8H,1-3H3. The number of halogens is 2. The molecule has 6 heteroatoms. The lowest BCUT2D eigenvalue weighted by Crippen LogP contribution is -2.10. The smallest absolute Gasteiger partial charge is 0.343 e. The number of rotatable bonds is 4. The third-order valence-electron chi connectivity index (χ3n) is 3.08. The number of ether oxygens (including phenoxy) is 3. The van der Waals surface area contributed by atoms with Crippen molar-refractivity contribution in [2.45, 2.75) is 6.92 Å². The van der Waals surface area contributed by atoms with Gasteiger partial charge in [-0.05, 0) is 37.3 Å². The molecule has 0 heterocycles. The van der Waals surface area contributed by atoms with Gasteiger partial charge in [-0.25, -0.2) is 4.79 Å². The summed E-state index contributed by atoms with van der Waals surface area (Å²) in [6, 6.07) is 8.22. The Kier molecular flexibility index (Phi) is 5.32. The van der Waals surface area contributed by atoms with Crippen LogP contribution in [0, 0.1) is 6.92 Å². The summed E-state index contributed by atoms with van der Waals surface area (Å²) in [7, 11) is 3.06. The summed E-state index contributed by atoms with van der Waals surface area (Å²) in [6.45, 7) is 1.85. The zero-order valence-corrected chi connectivity index (χ0v) is 14.6. The second-order valence-electron chi connectivity index (χ2n) is 4.47. The molecule has 0 spiro atoms. The Balaban J connectivity index is 2.33. The Labute approximate surface area is 142 Å². The highest BCUT2D eigenvalue weighted by Gasteiger charge is 2.16. The van der Waals surface area contributed by atoms with Gasteiger partial charge in [-0.2, -0.15) is 0 Å². The van der Waals surface area contributed by atoms with E-state index < -0.39 is 5.97 Å². The van der Waals surface area contributed by atoms with Crippen molar-refractivity contribution >= 4 is 33.5 Å². The molecule has 0 unspecified atom stereocenters. The molecule has 0 N–H and O–H groups in total. The Morgan fingerprint density at radius 2 is 1.64 bits per heavy atom. The number of benzene rings is 2. The number of esters is 1. The molecule has 0 radical (unpaired) electrons. The fraction of sp³-hybridized carbons (Fsp3) is 0.188. The first-order chi connectivity index (χ1) is 10.5. The van der Waals surface area contributed by atoms with Gasteiger partial charge in [0, 0.05) is 10.0 Å². The number of methoxy groups -OCH3 is 2. The fourth-order valence-electron chi connectivity index (χ4n) is 1.92. The second kappa shape index (κ2) is 7.03. The molecule has 0 saturated heterocycles. The molecule has 0 bridgehead atoms. The molecule has 0 aromatic heterocycles. The minimum Gasteiger partial charge on any atom is -0.496 e. The molecule has 0 fully saturated rings. The minimum atomic E-state index is -0.541. The lowest BCUT2D eigenvalue weighted by atomic mass is 10.1. The molecule has 4 nitrogen and oxygen atoms in total. The zero-order valence-electron chi connectivity index (χ0n) is 12.3. The molecule has 116 valence electrons. The monoisotopic (exact) mass is 384 g/mol. The van der Waals surface area contributed by atoms with Gasteiger partial charge in [0.15, 0.2) is 0 Å². The average Bonchev–Trinajstić information content (AvgIpc) is 2.50. The first kappa shape index (κ1) is 16.6. The van der Waals surface area contributed by atoms with Crippen LogP contribution >= 0.6 is 27.5 Å². The molecule has 0 aliphatic rings. The van der Waals surface area contributed by atoms with E-state index in [0.29, 0.717) is 22.1 Å². The van der Waals surface area contributed by atoms with Crippen molar-refractivity contribution in [1.29, 1.82) is 0 Å². The largest absolute Gasteiger partial charge is 0.496 e. The Morgan fingerprint density at radius 3 is 2.14 bits per heavy atom. The van der Waals surface area contributed by atoms with Crippen LogP contribution in [0.4, 0.5) is 0 Å². The normalized spacial score (nSPS) is 10.2. The zero-order chi connectivity index (χ0) is 16.3. The van der Waals surface area contributed by atoms with Crippen molar-refractivity contribution in [2.24, 2.45) is 0 Å². The van der Waals surface area contributed by atoms with E-state index in [1.165, 1.54) is 14.2 Å². The van der Waals surface area contributed by atoms with Crippen LogP contribution in [-0.4, -0.2) is 20.2 Å². The molecule has 2 rings (SSSR count). The number of hydrogen-bond acceptors (Lipinski definition) is 4. The van der Waals surface area contributed by atoms with E-state index in [-0.39, 0.29) is 5.75 Å². The third-order valence-corrected chi connectivity index (χ3v) is 3.87. The maximum atomic E-state index is 12.3. The van der Waals surface area contributed by atoms with Gasteiger partial charge in [-0.3, -0.25) is 0 Å². The van der Waals surface area contributed by atoms with Crippen LogP contribution in [-0.2, 0) is 0 Å². The predicted molar refractivity (Wildman–Crippen MR) is 88.4 cm³/mol. The van der Waals surface area contributed by atoms with Gasteiger partial charge in [-0.1, -0.05) is 27.5 Å². The van der Waals surface area contributed by atoms with Crippen molar-refractivity contribution in [3.8, 4) is 17.2 Å². The van der Waals surface area contributed by atoms with Crippen molar-refractivity contribution in [3.05, 3.63) is 51.0 Å². The Hall–Kier alpha value is -1.72. The lowest BCUT2D eigenvalue weighted by Gasteiger charge is -2.12. The van der Waals surface area contributed by atoms with Crippen LogP contribution in [0.25, 0.3) is 0 Å². The van der Waals surface area contributed by atoms with E-state index in [2.05, 4.69) is 15.9 Å². The van der Waals surface area contributed by atoms with Crippen molar-refractivity contribution in [1.82, 2.24) is 0 Å². The van der Waals surface area contributed by atoms with Crippen LogP contribution in [0.15, 0.2) is 34.8 Å². The summed E-state index contributed by atoms with van der Waals surface area (Å²) in [6.07, 6.45) is 0. The average molecular weight is 386 g/mol. The number of carbonyl (C=O) groups is 1. The molecule has 0 amide bonds. The van der Waals surface area contributed by atoms with Crippen molar-refractivity contribution < 1.29 is 19.0 Å². The van der Waals surface area contributed by atoms with E-state index in [4.69, 9.17) is 25.8 Å². The Bertz CT molecular complexity index is 690. The van der Waals surface area contributed by atoms with Gasteiger partial charge in [0.05, 0.1) is 24.8 Å². The molecular weight excluding hydrogens is 372 g/mol. The maximum Gasteiger partial charge on any atom is 0.343 e. The fourth-order valence-corrected chi connectivity index (χ4v) is 2.63. The van der Waals surface area contributed by atoms with Gasteiger partial charge in [0.1, 0.15) is 17.2 Å². The number of hydrogen-bond donors (Lipinski definition) is 0. The quantitative estimate of drug-likeness (QED) is 0.568. The van der Waals surface area contributed by atoms with E-state index in [0.717, 1.165) is 10.0 Å². The summed E-state index contributed by atoms with van der Waals surface area (Å²) >= 11 is 9.34. The van der Waals surface area contributed by atoms with Gasteiger partial charge in [0.25, 0.3) is 0 Å². The molecule has 0 saturated carbocycles. The van der Waals surface area contributed by atoms with Gasteiger partial charge >= 0.3 is 5.97 Å². The minimum absolute atomic E-state index is 0.286. The highest BCUT2D eigenvalue weighted by atomic mass is 79.9. The van der Waals surface area contributed by atoms with Crippen LogP contribution in [0.2, 0.25) is 5.02 Å². The van der Waals surface area contributed by atoms with Crippen molar-refractivity contribution in [2.75, 3.05) is 14.2 Å². The third kappa shape index (κ3) is 3.54. The van der Waals surface area contributed by atoms with E-state index in [1.54, 1.807) is 30.3 Å². The predicted octanol–water partition coefficient (Wildman–Crippen LogP) is 4.65. The van der Waals surface area contributed by atoms with Crippen LogP contribution in [0.1, 0.15) is 15.9 Å². The molecule has 0 aliphatic carbocycles. The van der Waals surface area contributed by atoms with E-state index in [1.807, 2.05) is 6.92 Å². The SMILES string of the molecule is COc1cc(C(=O)Oc2ccc(Br)cc2Cl)cc(OC)c1C. The maximum absolute atomic E-state index is 12.3. The number of carbonyl (C=O) groups excluding carboxylic acids is 1. The van der Waals surface area contributed by atoms with Gasteiger partial charge in [0.2, 0.25) is 0 Å². The Morgan fingerprint density at radius 1 is 1.05 bits per heavy atom. The van der Waals surface area contributed by atoms with Crippen molar-refractivity contribution in [3.63, 3.8) is 0 Å². The summed E-state index contributed by atoms with van der Waals surface area (Å²) in [5.74, 6) is 0.843. The first-order valence-corrected chi connectivity index (χ1v) is 7.53. The second-order valence-corrected chi connectivity index (χ2v) is 5.79. The molecular formula is C16H14BrClO4. The molecule has 2 aromatic rings.